The lowest BCUT2D eigenvalue weighted by atomic mass is 9.94. The van der Waals surface area contributed by atoms with Crippen LogP contribution in [0.25, 0.3) is 0 Å². The molecule has 0 bridgehead atoms. The van der Waals surface area contributed by atoms with Crippen molar-refractivity contribution in [3.63, 3.8) is 0 Å². The third-order valence-electron chi connectivity index (χ3n) is 3.32. The Morgan fingerprint density at radius 3 is 2.32 bits per heavy atom. The van der Waals surface area contributed by atoms with Crippen molar-refractivity contribution < 1.29 is 24.5 Å². The van der Waals surface area contributed by atoms with Gasteiger partial charge in [0.25, 0.3) is 0 Å². The van der Waals surface area contributed by atoms with Gasteiger partial charge in [0.2, 0.25) is 0 Å². The molecule has 0 heterocycles. The molecule has 2 rings (SSSR count). The predicted molar refractivity (Wildman–Crippen MR) is 80.3 cm³/mol. The molecule has 5 heteroatoms. The molecule has 114 valence electrons. The average molecular weight is 300 g/mol. The van der Waals surface area contributed by atoms with Crippen molar-refractivity contribution in [2.45, 2.75) is 13.8 Å². The van der Waals surface area contributed by atoms with Crippen LogP contribution in [0.15, 0.2) is 36.4 Å². The van der Waals surface area contributed by atoms with Gasteiger partial charge in [-0.25, -0.2) is 4.79 Å². The molecule has 2 N–H and O–H groups in total. The Labute approximate surface area is 127 Å². The van der Waals surface area contributed by atoms with Gasteiger partial charge in [0.05, 0.1) is 12.2 Å². The number of hydrogen-bond acceptors (Lipinski definition) is 5. The zero-order valence-electron chi connectivity index (χ0n) is 12.3. The van der Waals surface area contributed by atoms with Crippen molar-refractivity contribution in [3.05, 3.63) is 58.7 Å². The lowest BCUT2D eigenvalue weighted by molar-refractivity contribution is 0.0522. The highest BCUT2D eigenvalue weighted by molar-refractivity contribution is 6.13. The molecule has 0 aliphatic carbocycles. The maximum absolute atomic E-state index is 12.5. The average Bonchev–Trinajstić information content (AvgIpc) is 2.47. The van der Waals surface area contributed by atoms with Gasteiger partial charge in [-0.05, 0) is 43.7 Å². The number of carbonyl (C=O) groups is 2. The molecule has 2 aromatic rings. The Kier molecular flexibility index (Phi) is 4.46. The van der Waals surface area contributed by atoms with Crippen LogP contribution in [0.5, 0.6) is 11.5 Å². The van der Waals surface area contributed by atoms with Crippen LogP contribution in [0.4, 0.5) is 0 Å². The molecular weight excluding hydrogens is 284 g/mol. The molecule has 0 atom stereocenters. The first kappa shape index (κ1) is 15.6. The molecule has 0 spiro atoms. The standard InChI is InChI=1S/C17H16O5/c1-3-22-17(21)15-10(2)11(8-9-14(15)19)16(20)12-6-4-5-7-13(12)18/h4-9,18-19H,3H2,1-2H3. The molecule has 0 aliphatic heterocycles. The van der Waals surface area contributed by atoms with Crippen LogP contribution in [0.3, 0.4) is 0 Å². The SMILES string of the molecule is CCOC(=O)c1c(O)ccc(C(=O)c2ccccc2O)c1C. The number of para-hydroxylation sites is 1. The van der Waals surface area contributed by atoms with E-state index in [9.17, 15) is 19.8 Å². The van der Waals surface area contributed by atoms with E-state index in [0.717, 1.165) is 0 Å². The van der Waals surface area contributed by atoms with Crippen molar-refractivity contribution in [2.24, 2.45) is 0 Å². The van der Waals surface area contributed by atoms with Crippen LogP contribution in [-0.2, 0) is 4.74 Å². The summed E-state index contributed by atoms with van der Waals surface area (Å²) < 4.78 is 4.89. The minimum atomic E-state index is -0.690. The molecule has 22 heavy (non-hydrogen) atoms. The number of phenols is 2. The first-order chi connectivity index (χ1) is 10.5. The Morgan fingerprint density at radius 1 is 1.00 bits per heavy atom. The predicted octanol–water partition coefficient (Wildman–Crippen LogP) is 2.81. The second-order valence-electron chi connectivity index (χ2n) is 4.70. The van der Waals surface area contributed by atoms with E-state index in [-0.39, 0.29) is 34.8 Å². The Morgan fingerprint density at radius 2 is 1.68 bits per heavy atom. The third kappa shape index (κ3) is 2.79. The highest BCUT2D eigenvalue weighted by Gasteiger charge is 2.22. The van der Waals surface area contributed by atoms with Crippen LogP contribution in [0.1, 0.15) is 38.8 Å². The Balaban J connectivity index is 2.54. The highest BCUT2D eigenvalue weighted by atomic mass is 16.5. The van der Waals surface area contributed by atoms with Crippen LogP contribution in [0, 0.1) is 6.92 Å². The van der Waals surface area contributed by atoms with Crippen LogP contribution >= 0.6 is 0 Å². The number of rotatable bonds is 4. The quantitative estimate of drug-likeness (QED) is 0.670. The summed E-state index contributed by atoms with van der Waals surface area (Å²) in [5.74, 6) is -1.51. The zero-order chi connectivity index (χ0) is 16.3. The number of benzene rings is 2. The second kappa shape index (κ2) is 6.30. The van der Waals surface area contributed by atoms with Gasteiger partial charge in [-0.3, -0.25) is 4.79 Å². The summed E-state index contributed by atoms with van der Waals surface area (Å²) in [5, 5.41) is 19.6. The largest absolute Gasteiger partial charge is 0.507 e. The summed E-state index contributed by atoms with van der Waals surface area (Å²) in [5.41, 5.74) is 0.628. The fourth-order valence-electron chi connectivity index (χ4n) is 2.22. The monoisotopic (exact) mass is 300 g/mol. The van der Waals surface area contributed by atoms with E-state index < -0.39 is 11.8 Å². The molecular formula is C17H16O5. The summed E-state index contributed by atoms with van der Waals surface area (Å²) in [6.45, 7) is 3.37. The van der Waals surface area contributed by atoms with Gasteiger partial charge in [-0.2, -0.15) is 0 Å². The first-order valence-electron chi connectivity index (χ1n) is 6.79. The second-order valence-corrected chi connectivity index (χ2v) is 4.70. The molecule has 0 aromatic heterocycles. The molecule has 0 radical (unpaired) electrons. The maximum atomic E-state index is 12.5. The van der Waals surface area contributed by atoms with Gasteiger partial charge in [0.15, 0.2) is 5.78 Å². The smallest absolute Gasteiger partial charge is 0.342 e. The normalized spacial score (nSPS) is 10.3. The molecule has 0 amide bonds. The van der Waals surface area contributed by atoms with E-state index in [2.05, 4.69) is 0 Å². The summed E-state index contributed by atoms with van der Waals surface area (Å²) in [4.78, 5) is 24.5. The van der Waals surface area contributed by atoms with E-state index in [0.29, 0.717) is 5.56 Å². The fourth-order valence-corrected chi connectivity index (χ4v) is 2.22. The number of esters is 1. The highest BCUT2D eigenvalue weighted by Crippen LogP contribution is 2.28. The van der Waals surface area contributed by atoms with Crippen molar-refractivity contribution in [2.75, 3.05) is 6.61 Å². The third-order valence-corrected chi connectivity index (χ3v) is 3.32. The fraction of sp³-hybridized carbons (Fsp3) is 0.176. The van der Waals surface area contributed by atoms with Gasteiger partial charge in [0, 0.05) is 5.56 Å². The van der Waals surface area contributed by atoms with Gasteiger partial charge in [-0.1, -0.05) is 12.1 Å². The van der Waals surface area contributed by atoms with E-state index in [1.54, 1.807) is 26.0 Å². The minimum Gasteiger partial charge on any atom is -0.507 e. The van der Waals surface area contributed by atoms with Crippen molar-refractivity contribution >= 4 is 11.8 Å². The Hall–Kier alpha value is -2.82. The topological polar surface area (TPSA) is 83.8 Å². The number of phenolic OH excluding ortho intramolecular Hbond substituents is 2. The molecule has 5 nitrogen and oxygen atoms in total. The zero-order valence-corrected chi connectivity index (χ0v) is 12.3. The van der Waals surface area contributed by atoms with Crippen molar-refractivity contribution in [3.8, 4) is 11.5 Å². The van der Waals surface area contributed by atoms with E-state index in [4.69, 9.17) is 4.74 Å². The number of carbonyl (C=O) groups excluding carboxylic acids is 2. The molecule has 0 fully saturated rings. The summed E-state index contributed by atoms with van der Waals surface area (Å²) >= 11 is 0. The lowest BCUT2D eigenvalue weighted by Crippen LogP contribution is -2.12. The van der Waals surface area contributed by atoms with Gasteiger partial charge >= 0.3 is 5.97 Å². The first-order valence-corrected chi connectivity index (χ1v) is 6.79. The van der Waals surface area contributed by atoms with Crippen molar-refractivity contribution in [1.82, 2.24) is 0 Å². The Bertz CT molecular complexity index is 734. The van der Waals surface area contributed by atoms with Gasteiger partial charge < -0.3 is 14.9 Å². The number of aromatic hydroxyl groups is 2. The molecule has 0 unspecified atom stereocenters. The molecule has 0 aliphatic rings. The molecule has 2 aromatic carbocycles. The van der Waals surface area contributed by atoms with E-state index >= 15 is 0 Å². The molecule has 0 saturated carbocycles. The van der Waals surface area contributed by atoms with Crippen LogP contribution in [0.2, 0.25) is 0 Å². The number of ketones is 1. The van der Waals surface area contributed by atoms with E-state index in [1.807, 2.05) is 0 Å². The number of ether oxygens (including phenoxy) is 1. The summed E-state index contributed by atoms with van der Waals surface area (Å²) in [6.07, 6.45) is 0. The van der Waals surface area contributed by atoms with Crippen LogP contribution in [-0.4, -0.2) is 28.6 Å². The van der Waals surface area contributed by atoms with Gasteiger partial charge in [-0.15, -0.1) is 0 Å². The van der Waals surface area contributed by atoms with Crippen molar-refractivity contribution in [1.29, 1.82) is 0 Å². The maximum Gasteiger partial charge on any atom is 0.342 e. The lowest BCUT2D eigenvalue weighted by Gasteiger charge is -2.12. The summed E-state index contributed by atoms with van der Waals surface area (Å²) in [6, 6.07) is 8.84. The molecule has 0 saturated heterocycles. The number of hydrogen-bond donors (Lipinski definition) is 2. The summed E-state index contributed by atoms with van der Waals surface area (Å²) in [7, 11) is 0. The van der Waals surface area contributed by atoms with Gasteiger partial charge in [0.1, 0.15) is 17.1 Å². The van der Waals surface area contributed by atoms with E-state index in [1.165, 1.54) is 24.3 Å². The van der Waals surface area contributed by atoms with Crippen LogP contribution < -0.4 is 0 Å². The minimum absolute atomic E-state index is 0.0388.